The van der Waals surface area contributed by atoms with Crippen molar-refractivity contribution in [1.29, 1.82) is 0 Å². The molecule has 140 valence electrons. The molecule has 2 aromatic heterocycles. The van der Waals surface area contributed by atoms with Gasteiger partial charge < -0.3 is 10.6 Å². The molecule has 0 radical (unpaired) electrons. The molecule has 0 bridgehead atoms. The third kappa shape index (κ3) is 5.66. The molecule has 0 unspecified atom stereocenters. The highest BCUT2D eigenvalue weighted by Crippen LogP contribution is 2.27. The lowest BCUT2D eigenvalue weighted by molar-refractivity contribution is -0.114. The number of benzene rings is 1. The van der Waals surface area contributed by atoms with Gasteiger partial charge in [-0.1, -0.05) is 0 Å². The van der Waals surface area contributed by atoms with Crippen LogP contribution >= 0.6 is 23.1 Å². The molecule has 2 heterocycles. The van der Waals surface area contributed by atoms with Gasteiger partial charge >= 0.3 is 0 Å². The molecule has 0 fully saturated rings. The van der Waals surface area contributed by atoms with E-state index in [1.54, 1.807) is 17.4 Å². The highest BCUT2D eigenvalue weighted by molar-refractivity contribution is 8.00. The number of aryl methyl sites for hydroxylation is 1. The van der Waals surface area contributed by atoms with Crippen molar-refractivity contribution in [3.63, 3.8) is 0 Å². The number of anilines is 2. The quantitative estimate of drug-likeness (QED) is 0.557. The summed E-state index contributed by atoms with van der Waals surface area (Å²) < 4.78 is 12.8. The molecule has 2 amide bonds. The number of thioether (sulfide) groups is 1. The first kappa shape index (κ1) is 19.1. The van der Waals surface area contributed by atoms with Crippen LogP contribution < -0.4 is 10.6 Å². The molecule has 0 saturated heterocycles. The number of carbonyl (C=O) groups is 2. The Bertz CT molecular complexity index is 937. The van der Waals surface area contributed by atoms with Crippen LogP contribution in [0.15, 0.2) is 42.5 Å². The highest BCUT2D eigenvalue weighted by atomic mass is 32.2. The number of amides is 2. The van der Waals surface area contributed by atoms with E-state index in [1.807, 2.05) is 19.1 Å². The standard InChI is InChI=1S/C18H17FN4O2S2/c1-11-2-7-15(27-11)14-8-16(23-22-14)21-18(25)10-26-9-17(24)20-13-5-3-12(19)4-6-13/h2-8H,9-10H2,1H3,(H,20,24)(H2,21,22,23,25). The first-order valence-corrected chi connectivity index (χ1v) is 10.0. The van der Waals surface area contributed by atoms with Gasteiger partial charge in [0, 0.05) is 16.6 Å². The minimum atomic E-state index is -0.366. The Hall–Kier alpha value is -2.65. The number of thiophene rings is 1. The van der Waals surface area contributed by atoms with Gasteiger partial charge in [0.2, 0.25) is 11.8 Å². The minimum absolute atomic E-state index is 0.116. The third-order valence-electron chi connectivity index (χ3n) is 3.45. The Morgan fingerprint density at radius 1 is 1.11 bits per heavy atom. The van der Waals surface area contributed by atoms with Gasteiger partial charge in [0.25, 0.3) is 0 Å². The maximum atomic E-state index is 12.8. The lowest BCUT2D eigenvalue weighted by atomic mass is 10.3. The first-order chi connectivity index (χ1) is 13.0. The summed E-state index contributed by atoms with van der Waals surface area (Å²) in [5, 5.41) is 12.3. The van der Waals surface area contributed by atoms with Crippen LogP contribution in [-0.4, -0.2) is 33.5 Å². The molecule has 1 aromatic carbocycles. The number of aromatic nitrogens is 2. The second-order valence-corrected chi connectivity index (χ2v) is 7.95. The number of hydrogen-bond donors (Lipinski definition) is 3. The lowest BCUT2D eigenvalue weighted by Crippen LogP contribution is -2.18. The van der Waals surface area contributed by atoms with Gasteiger partial charge in [0.05, 0.1) is 22.1 Å². The maximum absolute atomic E-state index is 12.8. The molecule has 27 heavy (non-hydrogen) atoms. The van der Waals surface area contributed by atoms with Crippen molar-refractivity contribution in [2.75, 3.05) is 22.1 Å². The van der Waals surface area contributed by atoms with Crippen LogP contribution in [0.3, 0.4) is 0 Å². The van der Waals surface area contributed by atoms with E-state index in [1.165, 1.54) is 40.9 Å². The smallest absolute Gasteiger partial charge is 0.235 e. The van der Waals surface area contributed by atoms with Gasteiger partial charge in [-0.05, 0) is 43.3 Å². The second kappa shape index (κ2) is 8.83. The predicted molar refractivity (Wildman–Crippen MR) is 108 cm³/mol. The fraction of sp³-hybridized carbons (Fsp3) is 0.167. The SMILES string of the molecule is Cc1ccc(-c2cc(NC(=O)CSCC(=O)Nc3ccc(F)cc3)n[nH]2)s1. The molecule has 0 aliphatic carbocycles. The predicted octanol–water partition coefficient (Wildman–Crippen LogP) is 3.90. The number of H-pyrrole nitrogens is 1. The van der Waals surface area contributed by atoms with Crippen molar-refractivity contribution in [2.45, 2.75) is 6.92 Å². The molecule has 3 aromatic rings. The molecule has 0 spiro atoms. The summed E-state index contributed by atoms with van der Waals surface area (Å²) in [5.74, 6) is -0.181. The van der Waals surface area contributed by atoms with Gasteiger partial charge in [-0.15, -0.1) is 23.1 Å². The van der Waals surface area contributed by atoms with Crippen LogP contribution in [-0.2, 0) is 9.59 Å². The molecule has 0 aliphatic heterocycles. The monoisotopic (exact) mass is 404 g/mol. The summed E-state index contributed by atoms with van der Waals surface area (Å²) in [7, 11) is 0. The van der Waals surface area contributed by atoms with Crippen molar-refractivity contribution >= 4 is 46.4 Å². The van der Waals surface area contributed by atoms with Crippen LogP contribution in [0.5, 0.6) is 0 Å². The summed E-state index contributed by atoms with van der Waals surface area (Å²) in [6.07, 6.45) is 0. The highest BCUT2D eigenvalue weighted by Gasteiger charge is 2.10. The van der Waals surface area contributed by atoms with E-state index in [0.29, 0.717) is 11.5 Å². The van der Waals surface area contributed by atoms with Crippen LogP contribution in [0, 0.1) is 12.7 Å². The summed E-state index contributed by atoms with van der Waals surface area (Å²) in [5.41, 5.74) is 1.36. The van der Waals surface area contributed by atoms with Gasteiger partial charge in [-0.3, -0.25) is 14.7 Å². The van der Waals surface area contributed by atoms with Crippen molar-refractivity contribution in [1.82, 2.24) is 10.2 Å². The largest absolute Gasteiger partial charge is 0.325 e. The molecule has 0 saturated carbocycles. The average molecular weight is 404 g/mol. The number of nitrogens with zero attached hydrogens (tertiary/aromatic N) is 1. The van der Waals surface area contributed by atoms with Gasteiger partial charge in [0.15, 0.2) is 5.82 Å². The number of carbonyl (C=O) groups excluding carboxylic acids is 2. The van der Waals surface area contributed by atoms with Crippen molar-refractivity contribution in [2.24, 2.45) is 0 Å². The zero-order chi connectivity index (χ0) is 19.2. The van der Waals surface area contributed by atoms with Crippen LogP contribution in [0.2, 0.25) is 0 Å². The number of nitrogens with one attached hydrogen (secondary N) is 3. The first-order valence-electron chi connectivity index (χ1n) is 8.05. The number of hydrogen-bond acceptors (Lipinski definition) is 5. The molecule has 3 N–H and O–H groups in total. The van der Waals surface area contributed by atoms with Crippen LogP contribution in [0.1, 0.15) is 4.88 Å². The van der Waals surface area contributed by atoms with Crippen LogP contribution in [0.25, 0.3) is 10.6 Å². The number of aromatic amines is 1. The van der Waals surface area contributed by atoms with Gasteiger partial charge in [0.1, 0.15) is 5.82 Å². The third-order valence-corrected chi connectivity index (χ3v) is 5.41. The Labute approximate surface area is 163 Å². The number of halogens is 1. The Kier molecular flexibility index (Phi) is 6.25. The fourth-order valence-electron chi connectivity index (χ4n) is 2.24. The molecular weight excluding hydrogens is 387 g/mol. The molecule has 0 aliphatic rings. The summed E-state index contributed by atoms with van der Waals surface area (Å²) in [6, 6.07) is 11.3. The zero-order valence-corrected chi connectivity index (χ0v) is 16.0. The molecule has 0 atom stereocenters. The van der Waals surface area contributed by atoms with E-state index in [4.69, 9.17) is 0 Å². The maximum Gasteiger partial charge on any atom is 0.235 e. The van der Waals surface area contributed by atoms with Crippen molar-refractivity contribution in [3.05, 3.63) is 53.2 Å². The number of rotatable bonds is 7. The summed E-state index contributed by atoms with van der Waals surface area (Å²) in [4.78, 5) is 26.1. The van der Waals surface area contributed by atoms with E-state index < -0.39 is 0 Å². The Balaban J connectivity index is 1.41. The lowest BCUT2D eigenvalue weighted by Gasteiger charge is -2.05. The van der Waals surface area contributed by atoms with Crippen molar-refractivity contribution in [3.8, 4) is 10.6 Å². The summed E-state index contributed by atoms with van der Waals surface area (Å²) >= 11 is 2.82. The topological polar surface area (TPSA) is 86.9 Å². The second-order valence-electron chi connectivity index (χ2n) is 5.67. The Morgan fingerprint density at radius 3 is 2.48 bits per heavy atom. The van der Waals surface area contributed by atoms with Gasteiger partial charge in [-0.2, -0.15) is 5.10 Å². The molecule has 3 rings (SSSR count). The van der Waals surface area contributed by atoms with E-state index >= 15 is 0 Å². The van der Waals surface area contributed by atoms with E-state index in [9.17, 15) is 14.0 Å². The average Bonchev–Trinajstić information content (AvgIpc) is 3.26. The van der Waals surface area contributed by atoms with Crippen molar-refractivity contribution < 1.29 is 14.0 Å². The zero-order valence-electron chi connectivity index (χ0n) is 14.4. The van der Waals surface area contributed by atoms with E-state index in [2.05, 4.69) is 20.8 Å². The van der Waals surface area contributed by atoms with E-state index in [0.717, 1.165) is 10.6 Å². The normalized spacial score (nSPS) is 10.6. The van der Waals surface area contributed by atoms with E-state index in [-0.39, 0.29) is 29.1 Å². The molecule has 9 heteroatoms. The minimum Gasteiger partial charge on any atom is -0.325 e. The van der Waals surface area contributed by atoms with Gasteiger partial charge in [-0.25, -0.2) is 4.39 Å². The Morgan fingerprint density at radius 2 is 1.81 bits per heavy atom. The molecular formula is C18H17FN4O2S2. The summed E-state index contributed by atoms with van der Waals surface area (Å²) in [6.45, 7) is 2.02. The van der Waals surface area contributed by atoms with Crippen LogP contribution in [0.4, 0.5) is 15.9 Å². The molecule has 6 nitrogen and oxygen atoms in total. The fourth-order valence-corrected chi connectivity index (χ4v) is 3.69.